The number of halogens is 5. The average Bonchev–Trinajstić information content (AvgIpc) is 3.27. The highest BCUT2D eigenvalue weighted by Crippen LogP contribution is 2.33. The molecule has 0 atom stereocenters. The number of hydrogen-bond acceptors (Lipinski definition) is 3. The molecule has 0 unspecified atom stereocenters. The van der Waals surface area contributed by atoms with Crippen molar-refractivity contribution in [3.8, 4) is 5.69 Å². The Labute approximate surface area is 226 Å². The van der Waals surface area contributed by atoms with E-state index in [0.717, 1.165) is 12.1 Å². The van der Waals surface area contributed by atoms with Crippen molar-refractivity contribution in [2.75, 3.05) is 5.32 Å². The van der Waals surface area contributed by atoms with Crippen LogP contribution >= 0.6 is 23.2 Å². The monoisotopic (exact) mass is 562 g/mol. The molecule has 2 amide bonds. The van der Waals surface area contributed by atoms with Crippen LogP contribution < -0.4 is 10.6 Å². The molecule has 0 aliphatic rings. The number of aromatic nitrogens is 2. The zero-order valence-electron chi connectivity index (χ0n) is 20.6. The van der Waals surface area contributed by atoms with E-state index in [1.807, 2.05) is 0 Å². The third-order valence-electron chi connectivity index (χ3n) is 5.80. The summed E-state index contributed by atoms with van der Waals surface area (Å²) in [7, 11) is 0. The smallest absolute Gasteiger partial charge is 0.352 e. The fraction of sp³-hybridized carbons (Fsp3) is 0.222. The number of hydrogen-bond donors (Lipinski definition) is 2. The second-order valence-electron chi connectivity index (χ2n) is 9.63. The molecule has 3 aromatic carbocycles. The van der Waals surface area contributed by atoms with Crippen molar-refractivity contribution in [1.29, 1.82) is 0 Å². The van der Waals surface area contributed by atoms with Gasteiger partial charge in [0.15, 0.2) is 0 Å². The standard InChI is InChI=1S/C27H23Cl2F3N4O2/c1-26(2,3)25(38)33-13-15-10-11-19(28)22(23(15)29)24(37)35-20-8-5-9-21-18(20)14-34-36(21)17-7-4-6-16(12-17)27(30,31)32/h4-12,14H,13H2,1-3H3,(H,33,38)(H,35,37). The fourth-order valence-electron chi connectivity index (χ4n) is 3.75. The van der Waals surface area contributed by atoms with Crippen molar-refractivity contribution >= 4 is 51.6 Å². The van der Waals surface area contributed by atoms with Gasteiger partial charge in [0, 0.05) is 17.3 Å². The normalized spacial score (nSPS) is 12.0. The van der Waals surface area contributed by atoms with E-state index < -0.39 is 23.1 Å². The molecule has 4 rings (SSSR count). The quantitative estimate of drug-likeness (QED) is 0.268. The summed E-state index contributed by atoms with van der Waals surface area (Å²) < 4.78 is 41.0. The lowest BCUT2D eigenvalue weighted by atomic mass is 9.95. The number of amides is 2. The van der Waals surface area contributed by atoms with E-state index in [0.29, 0.717) is 22.2 Å². The van der Waals surface area contributed by atoms with Gasteiger partial charge in [0.05, 0.1) is 44.3 Å². The van der Waals surface area contributed by atoms with Gasteiger partial charge in [0.1, 0.15) is 0 Å². The van der Waals surface area contributed by atoms with E-state index in [1.165, 1.54) is 29.1 Å². The molecular formula is C27H23Cl2F3N4O2. The van der Waals surface area contributed by atoms with Crippen molar-refractivity contribution < 1.29 is 22.8 Å². The SMILES string of the molecule is CC(C)(C)C(=O)NCc1ccc(Cl)c(C(=O)Nc2cccc3c2cnn3-c2cccc(C(F)(F)F)c2)c1Cl. The van der Waals surface area contributed by atoms with E-state index in [4.69, 9.17) is 23.2 Å². The van der Waals surface area contributed by atoms with Gasteiger partial charge in [-0.2, -0.15) is 18.3 Å². The largest absolute Gasteiger partial charge is 0.416 e. The minimum atomic E-state index is -4.50. The number of alkyl halides is 3. The summed E-state index contributed by atoms with van der Waals surface area (Å²) in [5, 5.41) is 10.5. The Kier molecular flexibility index (Phi) is 7.45. The van der Waals surface area contributed by atoms with Crippen LogP contribution in [0.2, 0.25) is 10.0 Å². The number of fused-ring (bicyclic) bond motifs is 1. The molecule has 0 fully saturated rings. The first-order valence-corrected chi connectivity index (χ1v) is 12.2. The van der Waals surface area contributed by atoms with Gasteiger partial charge < -0.3 is 10.6 Å². The summed E-state index contributed by atoms with van der Waals surface area (Å²) in [6.45, 7) is 5.44. The number of nitrogens with one attached hydrogen (secondary N) is 2. The minimum Gasteiger partial charge on any atom is -0.352 e. The second-order valence-corrected chi connectivity index (χ2v) is 10.4. The van der Waals surface area contributed by atoms with Crippen LogP contribution in [0.4, 0.5) is 18.9 Å². The van der Waals surface area contributed by atoms with E-state index in [-0.39, 0.29) is 33.7 Å². The Morgan fingerprint density at radius 1 is 1.00 bits per heavy atom. The van der Waals surface area contributed by atoms with Crippen LogP contribution in [0.15, 0.2) is 60.8 Å². The molecule has 1 heterocycles. The Bertz CT molecular complexity index is 1540. The van der Waals surface area contributed by atoms with Crippen LogP contribution in [-0.2, 0) is 17.5 Å². The van der Waals surface area contributed by atoms with Crippen LogP contribution in [0.3, 0.4) is 0 Å². The molecule has 0 radical (unpaired) electrons. The van der Waals surface area contributed by atoms with Crippen molar-refractivity contribution in [2.24, 2.45) is 5.41 Å². The Morgan fingerprint density at radius 2 is 1.71 bits per heavy atom. The molecule has 1 aromatic heterocycles. The molecule has 0 spiro atoms. The molecule has 0 saturated carbocycles. The van der Waals surface area contributed by atoms with Gasteiger partial charge in [0.25, 0.3) is 5.91 Å². The summed E-state index contributed by atoms with van der Waals surface area (Å²) in [5.74, 6) is -0.776. The van der Waals surface area contributed by atoms with Crippen molar-refractivity contribution in [1.82, 2.24) is 15.1 Å². The maximum absolute atomic E-state index is 13.3. The average molecular weight is 563 g/mol. The molecule has 0 saturated heterocycles. The predicted octanol–water partition coefficient (Wildman–Crippen LogP) is 7.27. The molecule has 2 N–H and O–H groups in total. The fourth-order valence-corrected chi connectivity index (χ4v) is 4.35. The molecule has 198 valence electrons. The van der Waals surface area contributed by atoms with Crippen LogP contribution in [0.25, 0.3) is 16.6 Å². The van der Waals surface area contributed by atoms with Crippen LogP contribution in [0.5, 0.6) is 0 Å². The zero-order valence-corrected chi connectivity index (χ0v) is 22.1. The summed E-state index contributed by atoms with van der Waals surface area (Å²) in [4.78, 5) is 25.5. The first kappa shape index (κ1) is 27.5. The Morgan fingerprint density at radius 3 is 2.39 bits per heavy atom. The zero-order chi connectivity index (χ0) is 27.8. The van der Waals surface area contributed by atoms with E-state index >= 15 is 0 Å². The number of nitrogens with zero attached hydrogens (tertiary/aromatic N) is 2. The highest BCUT2D eigenvalue weighted by Gasteiger charge is 2.30. The molecule has 0 aliphatic heterocycles. The number of rotatable bonds is 5. The third kappa shape index (κ3) is 5.63. The lowest BCUT2D eigenvalue weighted by molar-refractivity contribution is -0.137. The molecule has 38 heavy (non-hydrogen) atoms. The summed E-state index contributed by atoms with van der Waals surface area (Å²) in [6, 6.07) is 12.9. The maximum Gasteiger partial charge on any atom is 0.416 e. The van der Waals surface area contributed by atoms with Crippen LogP contribution in [0.1, 0.15) is 42.3 Å². The predicted molar refractivity (Wildman–Crippen MR) is 142 cm³/mol. The summed E-state index contributed by atoms with van der Waals surface area (Å²) >= 11 is 12.8. The minimum absolute atomic E-state index is 0.0260. The first-order chi connectivity index (χ1) is 17.8. The maximum atomic E-state index is 13.3. The lowest BCUT2D eigenvalue weighted by Gasteiger charge is -2.18. The number of anilines is 1. The van der Waals surface area contributed by atoms with Crippen LogP contribution in [0, 0.1) is 5.41 Å². The van der Waals surface area contributed by atoms with Crippen molar-refractivity contribution in [2.45, 2.75) is 33.5 Å². The van der Waals surface area contributed by atoms with Gasteiger partial charge in [-0.3, -0.25) is 9.59 Å². The van der Waals surface area contributed by atoms with Gasteiger partial charge in [-0.15, -0.1) is 0 Å². The summed E-state index contributed by atoms with van der Waals surface area (Å²) in [5.41, 5.74) is 0.200. The molecule has 11 heteroatoms. The number of carbonyl (C=O) groups is 2. The lowest BCUT2D eigenvalue weighted by Crippen LogP contribution is -2.34. The van der Waals surface area contributed by atoms with Gasteiger partial charge in [-0.05, 0) is 42.0 Å². The molecule has 4 aromatic rings. The second kappa shape index (κ2) is 10.3. The highest BCUT2D eigenvalue weighted by molar-refractivity contribution is 6.41. The molecule has 0 aliphatic carbocycles. The van der Waals surface area contributed by atoms with E-state index in [2.05, 4.69) is 15.7 Å². The molecule has 0 bridgehead atoms. The van der Waals surface area contributed by atoms with E-state index in [1.54, 1.807) is 45.0 Å². The number of carbonyl (C=O) groups excluding carboxylic acids is 2. The molecular weight excluding hydrogens is 540 g/mol. The molecule has 6 nitrogen and oxygen atoms in total. The van der Waals surface area contributed by atoms with Gasteiger partial charge in [-0.1, -0.05) is 62.2 Å². The van der Waals surface area contributed by atoms with Crippen molar-refractivity contribution in [3.63, 3.8) is 0 Å². The van der Waals surface area contributed by atoms with Gasteiger partial charge >= 0.3 is 6.18 Å². The Balaban J connectivity index is 1.64. The first-order valence-electron chi connectivity index (χ1n) is 11.5. The topological polar surface area (TPSA) is 76.0 Å². The Hall–Kier alpha value is -3.56. The van der Waals surface area contributed by atoms with Gasteiger partial charge in [-0.25, -0.2) is 4.68 Å². The van der Waals surface area contributed by atoms with E-state index in [9.17, 15) is 22.8 Å². The van der Waals surface area contributed by atoms with Gasteiger partial charge in [0.2, 0.25) is 5.91 Å². The number of benzene rings is 3. The van der Waals surface area contributed by atoms with Crippen LogP contribution in [-0.4, -0.2) is 21.6 Å². The summed E-state index contributed by atoms with van der Waals surface area (Å²) in [6.07, 6.45) is -3.05. The van der Waals surface area contributed by atoms with Crippen molar-refractivity contribution in [3.05, 3.63) is 87.5 Å². The highest BCUT2D eigenvalue weighted by atomic mass is 35.5. The third-order valence-corrected chi connectivity index (χ3v) is 6.55.